The van der Waals surface area contributed by atoms with E-state index in [1.54, 1.807) is 24.3 Å². The SMILES string of the molecule is CC(C)COC(=O)Nc1cccc(-c2ccc(C=Cc3nc(-c4ccc(Cl)cc4Cl)cn3Cc3ccc(N4CC(=O)NS4(=O)=O)cc3)cc2)c1. The lowest BCUT2D eigenvalue weighted by Crippen LogP contribution is -2.29. The molecule has 0 aliphatic carbocycles. The quantitative estimate of drug-likeness (QED) is 0.150. The molecule has 10 nitrogen and oxygen atoms in total. The zero-order valence-electron chi connectivity index (χ0n) is 27.1. The van der Waals surface area contributed by atoms with Gasteiger partial charge in [-0.2, -0.15) is 8.42 Å². The first-order valence-electron chi connectivity index (χ1n) is 15.7. The van der Waals surface area contributed by atoms with Crippen LogP contribution < -0.4 is 14.3 Å². The number of benzene rings is 4. The van der Waals surface area contributed by atoms with Gasteiger partial charge >= 0.3 is 16.3 Å². The molecule has 1 aliphatic rings. The summed E-state index contributed by atoms with van der Waals surface area (Å²) in [6, 6.07) is 27.8. The predicted molar refractivity (Wildman–Crippen MR) is 198 cm³/mol. The first kappa shape index (κ1) is 34.8. The molecule has 0 atom stereocenters. The summed E-state index contributed by atoms with van der Waals surface area (Å²) >= 11 is 12.7. The zero-order valence-corrected chi connectivity index (χ0v) is 29.5. The van der Waals surface area contributed by atoms with Crippen LogP contribution in [0.15, 0.2) is 97.2 Å². The molecule has 50 heavy (non-hydrogen) atoms. The molecule has 0 bridgehead atoms. The van der Waals surface area contributed by atoms with E-state index in [9.17, 15) is 18.0 Å². The summed E-state index contributed by atoms with van der Waals surface area (Å²) in [6.45, 7) is 4.47. The van der Waals surface area contributed by atoms with Crippen LogP contribution in [0.4, 0.5) is 16.2 Å². The number of carbonyl (C=O) groups excluding carboxylic acids is 2. The van der Waals surface area contributed by atoms with E-state index in [1.807, 2.05) is 108 Å². The summed E-state index contributed by atoms with van der Waals surface area (Å²) in [6.07, 6.45) is 5.29. The van der Waals surface area contributed by atoms with E-state index in [0.29, 0.717) is 46.1 Å². The number of imidazole rings is 1. The molecule has 5 aromatic rings. The maximum atomic E-state index is 12.3. The number of halogens is 2. The molecule has 13 heteroatoms. The van der Waals surface area contributed by atoms with Crippen LogP contribution >= 0.6 is 23.2 Å². The number of carbonyl (C=O) groups is 2. The zero-order chi connectivity index (χ0) is 35.4. The molecule has 1 saturated heterocycles. The number of aromatic nitrogens is 2. The van der Waals surface area contributed by atoms with Gasteiger partial charge in [0.15, 0.2) is 0 Å². The Morgan fingerprint density at radius 2 is 1.74 bits per heavy atom. The lowest BCUT2D eigenvalue weighted by Gasteiger charge is -2.15. The molecular weight excluding hydrogens is 697 g/mol. The lowest BCUT2D eigenvalue weighted by atomic mass is 10.0. The average Bonchev–Trinajstić information content (AvgIpc) is 3.60. The van der Waals surface area contributed by atoms with E-state index >= 15 is 0 Å². The molecule has 1 aromatic heterocycles. The van der Waals surface area contributed by atoms with Crippen LogP contribution in [0.3, 0.4) is 0 Å². The number of hydrogen-bond acceptors (Lipinski definition) is 6. The second-order valence-electron chi connectivity index (χ2n) is 12.1. The minimum atomic E-state index is -3.90. The van der Waals surface area contributed by atoms with E-state index in [4.69, 9.17) is 32.9 Å². The number of nitrogens with one attached hydrogen (secondary N) is 2. The fourth-order valence-electron chi connectivity index (χ4n) is 5.29. The minimum absolute atomic E-state index is 0.249. The fraction of sp³-hybridized carbons (Fsp3) is 0.162. The minimum Gasteiger partial charge on any atom is -0.449 e. The van der Waals surface area contributed by atoms with Gasteiger partial charge in [-0.15, -0.1) is 0 Å². The van der Waals surface area contributed by atoms with Crippen LogP contribution in [-0.4, -0.2) is 43.1 Å². The topological polar surface area (TPSA) is 123 Å². The molecular formula is C37H33Cl2N5O5S. The summed E-state index contributed by atoms with van der Waals surface area (Å²) in [5.74, 6) is 0.340. The van der Waals surface area contributed by atoms with Crippen molar-refractivity contribution in [3.63, 3.8) is 0 Å². The van der Waals surface area contributed by atoms with Gasteiger partial charge < -0.3 is 9.30 Å². The van der Waals surface area contributed by atoms with Gasteiger partial charge in [-0.3, -0.25) is 10.1 Å². The molecule has 2 N–H and O–H groups in total. The first-order chi connectivity index (χ1) is 23.9. The highest BCUT2D eigenvalue weighted by Gasteiger charge is 2.33. The third-order valence-corrected chi connectivity index (χ3v) is 9.69. The molecule has 4 aromatic carbocycles. The van der Waals surface area contributed by atoms with E-state index in [0.717, 1.165) is 32.1 Å². The molecule has 256 valence electrons. The maximum absolute atomic E-state index is 12.3. The fourth-order valence-corrected chi connectivity index (χ4v) is 6.94. The van der Waals surface area contributed by atoms with Crippen molar-refractivity contribution in [2.45, 2.75) is 20.4 Å². The van der Waals surface area contributed by atoms with Gasteiger partial charge in [0.25, 0.3) is 5.91 Å². The Morgan fingerprint density at radius 3 is 2.42 bits per heavy atom. The molecule has 6 rings (SSSR count). The van der Waals surface area contributed by atoms with E-state index in [1.165, 1.54) is 0 Å². The van der Waals surface area contributed by atoms with Crippen molar-refractivity contribution >= 4 is 68.9 Å². The van der Waals surface area contributed by atoms with E-state index < -0.39 is 22.2 Å². The first-order valence-corrected chi connectivity index (χ1v) is 17.9. The number of anilines is 2. The van der Waals surface area contributed by atoms with Crippen LogP contribution in [0.1, 0.15) is 30.8 Å². The van der Waals surface area contributed by atoms with Crippen LogP contribution in [0.25, 0.3) is 34.5 Å². The average molecular weight is 731 g/mol. The summed E-state index contributed by atoms with van der Waals surface area (Å²) in [4.78, 5) is 28.7. The third-order valence-electron chi connectivity index (χ3n) is 7.74. The maximum Gasteiger partial charge on any atom is 0.411 e. The van der Waals surface area contributed by atoms with Crippen LogP contribution in [0, 0.1) is 5.92 Å². The van der Waals surface area contributed by atoms with Crippen LogP contribution in [0.2, 0.25) is 10.0 Å². The van der Waals surface area contributed by atoms with Gasteiger partial charge in [-0.25, -0.2) is 18.8 Å². The highest BCUT2D eigenvalue weighted by Crippen LogP contribution is 2.31. The monoisotopic (exact) mass is 729 g/mol. The summed E-state index contributed by atoms with van der Waals surface area (Å²) in [7, 11) is -3.90. The van der Waals surface area contributed by atoms with Crippen molar-refractivity contribution in [2.75, 3.05) is 22.8 Å². The van der Waals surface area contributed by atoms with Crippen molar-refractivity contribution in [3.05, 3.63) is 124 Å². The highest BCUT2D eigenvalue weighted by atomic mass is 35.5. The number of hydrogen-bond donors (Lipinski definition) is 2. The number of rotatable bonds is 10. The van der Waals surface area contributed by atoms with E-state index in [-0.39, 0.29) is 12.5 Å². The van der Waals surface area contributed by atoms with Gasteiger partial charge in [0.1, 0.15) is 12.4 Å². The Bertz CT molecular complexity index is 2180. The van der Waals surface area contributed by atoms with E-state index in [2.05, 4.69) is 5.32 Å². The standard InChI is InChI=1S/C37H33Cl2N5O5S/c1-24(2)23-49-37(46)40-30-5-3-4-28(18-30)27-11-6-25(7-12-27)10-17-35-41-34(32-16-13-29(38)19-33(32)39)21-43(35)20-26-8-14-31(15-9-26)44-22-36(45)42-50(44,47)48/h3-19,21,24H,20,22-23H2,1-2H3,(H,40,46)(H,42,45). The Hall–Kier alpha value is -5.10. The van der Waals surface area contributed by atoms with Crippen molar-refractivity contribution in [1.82, 2.24) is 14.3 Å². The molecule has 1 aliphatic heterocycles. The Labute approximate surface area is 300 Å². The smallest absolute Gasteiger partial charge is 0.411 e. The second kappa shape index (κ2) is 14.8. The normalized spacial score (nSPS) is 13.9. The molecule has 0 spiro atoms. The van der Waals surface area contributed by atoms with Crippen LogP contribution in [-0.2, 0) is 26.3 Å². The van der Waals surface area contributed by atoms with Crippen molar-refractivity contribution < 1.29 is 22.7 Å². The molecule has 2 heterocycles. The highest BCUT2D eigenvalue weighted by molar-refractivity contribution is 7.92. The summed E-state index contributed by atoms with van der Waals surface area (Å²) in [5.41, 5.74) is 6.18. The van der Waals surface area contributed by atoms with Crippen molar-refractivity contribution in [3.8, 4) is 22.4 Å². The second-order valence-corrected chi connectivity index (χ2v) is 14.5. The number of amides is 2. The molecule has 0 unspecified atom stereocenters. The molecule has 0 radical (unpaired) electrons. The Balaban J connectivity index is 1.22. The predicted octanol–water partition coefficient (Wildman–Crippen LogP) is 8.13. The number of nitrogens with zero attached hydrogens (tertiary/aromatic N) is 3. The number of ether oxygens (including phenoxy) is 1. The largest absolute Gasteiger partial charge is 0.449 e. The van der Waals surface area contributed by atoms with Crippen molar-refractivity contribution in [1.29, 1.82) is 0 Å². The molecule has 1 fully saturated rings. The molecule has 2 amide bonds. The summed E-state index contributed by atoms with van der Waals surface area (Å²) in [5, 5.41) is 3.77. The Morgan fingerprint density at radius 1 is 0.980 bits per heavy atom. The van der Waals surface area contributed by atoms with Gasteiger partial charge in [0, 0.05) is 29.0 Å². The van der Waals surface area contributed by atoms with Gasteiger partial charge in [0.05, 0.1) is 23.0 Å². The summed E-state index contributed by atoms with van der Waals surface area (Å²) < 4.78 is 34.8. The third kappa shape index (κ3) is 8.36. The van der Waals surface area contributed by atoms with Gasteiger partial charge in [-0.1, -0.05) is 91.7 Å². The molecule has 0 saturated carbocycles. The van der Waals surface area contributed by atoms with Crippen molar-refractivity contribution in [2.24, 2.45) is 5.92 Å². The van der Waals surface area contributed by atoms with Gasteiger partial charge in [0.2, 0.25) is 0 Å². The Kier molecular flexibility index (Phi) is 10.3. The lowest BCUT2D eigenvalue weighted by molar-refractivity contribution is -0.117. The van der Waals surface area contributed by atoms with Crippen LogP contribution in [0.5, 0.6) is 0 Å². The van der Waals surface area contributed by atoms with Gasteiger partial charge in [-0.05, 0) is 76.7 Å².